The third kappa shape index (κ3) is 2.73. The van der Waals surface area contributed by atoms with Crippen LogP contribution < -0.4 is 5.32 Å². The van der Waals surface area contributed by atoms with Gasteiger partial charge in [0.05, 0.1) is 21.8 Å². The number of nitro groups is 1. The van der Waals surface area contributed by atoms with Crippen molar-refractivity contribution in [2.45, 2.75) is 6.54 Å². The Bertz CT molecular complexity index is 527. The van der Waals surface area contributed by atoms with Crippen molar-refractivity contribution in [1.82, 2.24) is 10.2 Å². The average Bonchev–Trinajstić information content (AvgIpc) is 2.80. The lowest BCUT2D eigenvalue weighted by Crippen LogP contribution is -1.99. The molecule has 1 aromatic heterocycles. The maximum atomic E-state index is 10.5. The molecule has 2 rings (SSSR count). The van der Waals surface area contributed by atoms with Gasteiger partial charge in [0, 0.05) is 30.4 Å². The molecule has 1 heterocycles. The standard InChI is InChI=1S/C10H9ClN4O2/c11-9-3-8(15(16)17)1-2-10(9)12-4-7-5-13-14-6-7/h1-3,5-6,12H,4H2,(H,13,14). The maximum absolute atomic E-state index is 10.5. The summed E-state index contributed by atoms with van der Waals surface area (Å²) in [6, 6.07) is 4.31. The van der Waals surface area contributed by atoms with E-state index in [1.54, 1.807) is 18.5 Å². The number of anilines is 1. The van der Waals surface area contributed by atoms with E-state index in [2.05, 4.69) is 15.5 Å². The zero-order chi connectivity index (χ0) is 12.3. The van der Waals surface area contributed by atoms with Gasteiger partial charge in [0.2, 0.25) is 0 Å². The molecule has 1 aromatic carbocycles. The quantitative estimate of drug-likeness (QED) is 0.647. The van der Waals surface area contributed by atoms with E-state index < -0.39 is 4.92 Å². The number of halogens is 1. The Kier molecular flexibility index (Phi) is 3.24. The predicted molar refractivity (Wildman–Crippen MR) is 64.0 cm³/mol. The fourth-order valence-electron chi connectivity index (χ4n) is 1.33. The molecular formula is C10H9ClN4O2. The first kappa shape index (κ1) is 11.4. The molecule has 0 fully saturated rings. The topological polar surface area (TPSA) is 83.8 Å². The van der Waals surface area contributed by atoms with Crippen molar-refractivity contribution in [3.8, 4) is 0 Å². The first-order valence-corrected chi connectivity index (χ1v) is 5.20. The summed E-state index contributed by atoms with van der Waals surface area (Å²) in [5, 5.41) is 20.4. The van der Waals surface area contributed by atoms with Crippen molar-refractivity contribution in [2.24, 2.45) is 0 Å². The van der Waals surface area contributed by atoms with Crippen LogP contribution >= 0.6 is 11.6 Å². The van der Waals surface area contributed by atoms with E-state index >= 15 is 0 Å². The molecule has 2 N–H and O–H groups in total. The zero-order valence-electron chi connectivity index (χ0n) is 8.68. The highest BCUT2D eigenvalue weighted by atomic mass is 35.5. The molecule has 0 saturated carbocycles. The SMILES string of the molecule is O=[N+]([O-])c1ccc(NCc2cn[nH]c2)c(Cl)c1. The molecule has 88 valence electrons. The monoisotopic (exact) mass is 252 g/mol. The molecule has 6 nitrogen and oxygen atoms in total. The van der Waals surface area contributed by atoms with E-state index in [9.17, 15) is 10.1 Å². The number of benzene rings is 1. The van der Waals surface area contributed by atoms with Crippen LogP contribution in [0.25, 0.3) is 0 Å². The molecule has 0 aliphatic heterocycles. The van der Waals surface area contributed by atoms with Crippen LogP contribution in [0.1, 0.15) is 5.56 Å². The fourth-order valence-corrected chi connectivity index (χ4v) is 1.57. The summed E-state index contributed by atoms with van der Waals surface area (Å²) in [4.78, 5) is 10.0. The van der Waals surface area contributed by atoms with E-state index in [1.807, 2.05) is 0 Å². The van der Waals surface area contributed by atoms with Crippen LogP contribution in [0.5, 0.6) is 0 Å². The van der Waals surface area contributed by atoms with Crippen LogP contribution in [0.15, 0.2) is 30.6 Å². The van der Waals surface area contributed by atoms with Gasteiger partial charge in [0.1, 0.15) is 0 Å². The summed E-state index contributed by atoms with van der Waals surface area (Å²) < 4.78 is 0. The number of non-ortho nitro benzene ring substituents is 1. The summed E-state index contributed by atoms with van der Waals surface area (Å²) >= 11 is 5.92. The molecule has 0 saturated heterocycles. The van der Waals surface area contributed by atoms with Gasteiger partial charge in [-0.25, -0.2) is 0 Å². The normalized spacial score (nSPS) is 10.2. The number of nitrogens with zero attached hydrogens (tertiary/aromatic N) is 2. The highest BCUT2D eigenvalue weighted by Crippen LogP contribution is 2.26. The van der Waals surface area contributed by atoms with E-state index in [1.165, 1.54) is 12.1 Å². The van der Waals surface area contributed by atoms with E-state index in [-0.39, 0.29) is 5.69 Å². The average molecular weight is 253 g/mol. The smallest absolute Gasteiger partial charge is 0.271 e. The van der Waals surface area contributed by atoms with Crippen LogP contribution in [0, 0.1) is 10.1 Å². The minimum atomic E-state index is -0.480. The highest BCUT2D eigenvalue weighted by molar-refractivity contribution is 6.33. The Morgan fingerprint density at radius 2 is 2.35 bits per heavy atom. The maximum Gasteiger partial charge on any atom is 0.271 e. The summed E-state index contributed by atoms with van der Waals surface area (Å²) in [6.07, 6.45) is 3.44. The van der Waals surface area contributed by atoms with Crippen LogP contribution in [0.2, 0.25) is 5.02 Å². The Hall–Kier alpha value is -2.08. The number of hydrogen-bond donors (Lipinski definition) is 2. The molecular weight excluding hydrogens is 244 g/mol. The van der Waals surface area contributed by atoms with Gasteiger partial charge in [-0.2, -0.15) is 5.10 Å². The number of hydrogen-bond acceptors (Lipinski definition) is 4. The van der Waals surface area contributed by atoms with Crippen molar-refractivity contribution < 1.29 is 4.92 Å². The summed E-state index contributed by atoms with van der Waals surface area (Å²) in [7, 11) is 0. The Labute approximate surface area is 102 Å². The van der Waals surface area contributed by atoms with Crippen LogP contribution in [0.4, 0.5) is 11.4 Å². The Morgan fingerprint density at radius 3 is 2.94 bits per heavy atom. The van der Waals surface area contributed by atoms with E-state index in [0.717, 1.165) is 5.56 Å². The minimum Gasteiger partial charge on any atom is -0.380 e. The second-order valence-corrected chi connectivity index (χ2v) is 3.79. The molecule has 17 heavy (non-hydrogen) atoms. The molecule has 0 atom stereocenters. The Morgan fingerprint density at radius 1 is 1.53 bits per heavy atom. The van der Waals surface area contributed by atoms with Crippen molar-refractivity contribution in [3.05, 3.63) is 51.3 Å². The van der Waals surface area contributed by atoms with Crippen LogP contribution in [0.3, 0.4) is 0 Å². The van der Waals surface area contributed by atoms with Crippen LogP contribution in [-0.2, 0) is 6.54 Å². The van der Waals surface area contributed by atoms with Gasteiger partial charge in [-0.3, -0.25) is 15.2 Å². The van der Waals surface area contributed by atoms with Crippen molar-refractivity contribution in [2.75, 3.05) is 5.32 Å². The van der Waals surface area contributed by atoms with Gasteiger partial charge in [-0.15, -0.1) is 0 Å². The molecule has 0 radical (unpaired) electrons. The number of aromatic amines is 1. The summed E-state index contributed by atoms with van der Waals surface area (Å²) in [6.45, 7) is 0.550. The number of nitrogens with one attached hydrogen (secondary N) is 2. The van der Waals surface area contributed by atoms with E-state index in [4.69, 9.17) is 11.6 Å². The Balaban J connectivity index is 2.09. The number of aromatic nitrogens is 2. The second kappa shape index (κ2) is 4.84. The van der Waals surface area contributed by atoms with Crippen LogP contribution in [-0.4, -0.2) is 15.1 Å². The largest absolute Gasteiger partial charge is 0.380 e. The first-order valence-electron chi connectivity index (χ1n) is 4.82. The number of H-pyrrole nitrogens is 1. The molecule has 0 amide bonds. The van der Waals surface area contributed by atoms with Crippen molar-refractivity contribution in [3.63, 3.8) is 0 Å². The summed E-state index contributed by atoms with van der Waals surface area (Å²) in [5.74, 6) is 0. The molecule has 0 spiro atoms. The van der Waals surface area contributed by atoms with Gasteiger partial charge in [-0.1, -0.05) is 11.6 Å². The van der Waals surface area contributed by atoms with E-state index in [0.29, 0.717) is 17.3 Å². The fraction of sp³-hybridized carbons (Fsp3) is 0.100. The number of rotatable bonds is 4. The number of nitro benzene ring substituents is 1. The third-order valence-corrected chi connectivity index (χ3v) is 2.51. The highest BCUT2D eigenvalue weighted by Gasteiger charge is 2.09. The lowest BCUT2D eigenvalue weighted by atomic mass is 10.2. The lowest BCUT2D eigenvalue weighted by Gasteiger charge is -2.06. The molecule has 2 aromatic rings. The first-order chi connectivity index (χ1) is 8.16. The van der Waals surface area contributed by atoms with Gasteiger partial charge in [0.25, 0.3) is 5.69 Å². The molecule has 0 unspecified atom stereocenters. The molecule has 0 aliphatic carbocycles. The van der Waals surface area contributed by atoms with Crippen molar-refractivity contribution in [1.29, 1.82) is 0 Å². The molecule has 0 aliphatic rings. The van der Waals surface area contributed by atoms with Gasteiger partial charge < -0.3 is 5.32 Å². The minimum absolute atomic E-state index is 0.0242. The van der Waals surface area contributed by atoms with Gasteiger partial charge in [-0.05, 0) is 6.07 Å². The molecule has 0 bridgehead atoms. The van der Waals surface area contributed by atoms with Gasteiger partial charge in [0.15, 0.2) is 0 Å². The summed E-state index contributed by atoms with van der Waals surface area (Å²) in [5.41, 5.74) is 1.60. The van der Waals surface area contributed by atoms with Gasteiger partial charge >= 0.3 is 0 Å². The zero-order valence-corrected chi connectivity index (χ0v) is 9.44. The van der Waals surface area contributed by atoms with Crippen molar-refractivity contribution >= 4 is 23.0 Å². The molecule has 7 heteroatoms. The second-order valence-electron chi connectivity index (χ2n) is 3.38. The third-order valence-electron chi connectivity index (χ3n) is 2.20. The lowest BCUT2D eigenvalue weighted by molar-refractivity contribution is -0.384. The predicted octanol–water partition coefficient (Wildman–Crippen LogP) is 2.58.